The van der Waals surface area contributed by atoms with Crippen molar-refractivity contribution in [3.05, 3.63) is 52.1 Å². The highest BCUT2D eigenvalue weighted by atomic mass is 16.6. The van der Waals surface area contributed by atoms with Crippen molar-refractivity contribution in [2.75, 3.05) is 0 Å². The van der Waals surface area contributed by atoms with Crippen LogP contribution in [0.1, 0.15) is 77.2 Å². The fraction of sp³-hybridized carbons (Fsp3) is 0.485. The van der Waals surface area contributed by atoms with Crippen molar-refractivity contribution in [2.45, 2.75) is 90.1 Å². The third kappa shape index (κ3) is 3.72. The van der Waals surface area contributed by atoms with Gasteiger partial charge in [-0.25, -0.2) is 0 Å². The lowest BCUT2D eigenvalue weighted by Crippen LogP contribution is -2.72. The summed E-state index contributed by atoms with van der Waals surface area (Å²) in [5.74, 6) is 1.34. The van der Waals surface area contributed by atoms with Crippen LogP contribution in [0.2, 0.25) is 0 Å². The van der Waals surface area contributed by atoms with Gasteiger partial charge in [0.25, 0.3) is 0 Å². The molecule has 0 amide bonds. The summed E-state index contributed by atoms with van der Waals surface area (Å²) in [7, 11) is 0. The molecule has 210 valence electrons. The molecule has 1 saturated carbocycles. The molecule has 4 bridgehead atoms. The molecule has 0 aromatic heterocycles. The molecular formula is C33H36O7. The van der Waals surface area contributed by atoms with Crippen LogP contribution in [-0.4, -0.2) is 45.4 Å². The molecule has 3 aliphatic carbocycles. The van der Waals surface area contributed by atoms with E-state index in [9.17, 15) is 19.5 Å². The number of ether oxygens (including phenoxy) is 3. The van der Waals surface area contributed by atoms with E-state index in [4.69, 9.17) is 20.6 Å². The van der Waals surface area contributed by atoms with Crippen molar-refractivity contribution >= 4 is 17.9 Å². The predicted octanol–water partition coefficient (Wildman–Crippen LogP) is 5.23. The maximum absolute atomic E-state index is 14.3. The first-order chi connectivity index (χ1) is 18.6. The summed E-state index contributed by atoms with van der Waals surface area (Å²) in [5.41, 5.74) is -2.40. The fourth-order valence-corrected chi connectivity index (χ4v) is 6.87. The van der Waals surface area contributed by atoms with Crippen LogP contribution in [0.4, 0.5) is 0 Å². The molecule has 1 aromatic rings. The number of carbonyl (C=O) groups excluding carboxylic acids is 3. The minimum atomic E-state index is -1.52. The van der Waals surface area contributed by atoms with Crippen molar-refractivity contribution in [3.63, 3.8) is 0 Å². The van der Waals surface area contributed by atoms with Crippen LogP contribution in [0, 0.1) is 24.2 Å². The summed E-state index contributed by atoms with van der Waals surface area (Å²) in [6.45, 7) is 12.9. The van der Waals surface area contributed by atoms with E-state index in [1.54, 1.807) is 32.9 Å². The maximum Gasteiger partial charge on any atom is 0.200 e. The topological polar surface area (TPSA) is 99.1 Å². The summed E-state index contributed by atoms with van der Waals surface area (Å²) >= 11 is 0. The number of rotatable bonds is 7. The van der Waals surface area contributed by atoms with E-state index >= 15 is 0 Å². The second-order valence-corrected chi connectivity index (χ2v) is 12.6. The lowest BCUT2D eigenvalue weighted by molar-refractivity contribution is -0.171. The second kappa shape index (κ2) is 8.94. The van der Waals surface area contributed by atoms with E-state index in [-0.39, 0.29) is 35.2 Å². The fourth-order valence-electron chi connectivity index (χ4n) is 6.87. The molecule has 1 N–H and O–H groups in total. The first kappa shape index (κ1) is 27.9. The molecule has 5 aliphatic rings. The van der Waals surface area contributed by atoms with E-state index in [2.05, 4.69) is 5.92 Å². The van der Waals surface area contributed by atoms with Crippen LogP contribution in [-0.2, 0) is 20.7 Å². The van der Waals surface area contributed by atoms with Crippen LogP contribution < -0.4 is 9.47 Å². The lowest BCUT2D eigenvalue weighted by atomic mass is 9.51. The number of ketones is 2. The van der Waals surface area contributed by atoms with E-state index in [0.717, 1.165) is 11.9 Å². The van der Waals surface area contributed by atoms with Crippen LogP contribution in [0.3, 0.4) is 0 Å². The van der Waals surface area contributed by atoms with Gasteiger partial charge in [-0.15, -0.1) is 6.42 Å². The Bertz CT molecular complexity index is 1480. The van der Waals surface area contributed by atoms with Gasteiger partial charge in [-0.2, -0.15) is 0 Å². The van der Waals surface area contributed by atoms with E-state index < -0.39 is 34.1 Å². The monoisotopic (exact) mass is 544 g/mol. The molecule has 4 atom stereocenters. The van der Waals surface area contributed by atoms with Crippen molar-refractivity contribution < 1.29 is 33.7 Å². The maximum atomic E-state index is 14.3. The normalized spacial score (nSPS) is 29.6. The number of phenols is 1. The molecule has 1 aromatic carbocycles. The number of allylic oxidation sites excluding steroid dienone is 4. The number of phenolic OH excluding ortho intramolecular Hbond substituents is 1. The highest BCUT2D eigenvalue weighted by molar-refractivity contribution is 6.18. The van der Waals surface area contributed by atoms with E-state index in [1.807, 2.05) is 33.8 Å². The third-order valence-corrected chi connectivity index (χ3v) is 8.74. The lowest BCUT2D eigenvalue weighted by Gasteiger charge is -2.56. The van der Waals surface area contributed by atoms with Gasteiger partial charge in [0.15, 0.2) is 28.4 Å². The molecule has 1 saturated heterocycles. The van der Waals surface area contributed by atoms with Gasteiger partial charge in [-0.3, -0.25) is 14.4 Å². The SMILES string of the molecule is C#CC(C)(C)Oc1cc(O)c2c(c1CC=C(C)C)OC13C(=CC4CC1C(C)(C)OC3(C/C=C(\C)C=O)C4=O)C2=O. The number of fused-ring (bicyclic) bond motifs is 1. The van der Waals surface area contributed by atoms with Crippen molar-refractivity contribution in [2.24, 2.45) is 11.8 Å². The summed E-state index contributed by atoms with van der Waals surface area (Å²) in [6, 6.07) is 1.42. The van der Waals surface area contributed by atoms with Gasteiger partial charge in [0, 0.05) is 35.5 Å². The van der Waals surface area contributed by atoms with Crippen molar-refractivity contribution in [1.29, 1.82) is 0 Å². The zero-order valence-electron chi connectivity index (χ0n) is 24.1. The van der Waals surface area contributed by atoms with Crippen LogP contribution in [0.5, 0.6) is 17.2 Å². The summed E-state index contributed by atoms with van der Waals surface area (Å²) in [6.07, 6.45) is 12.7. The molecule has 7 heteroatoms. The number of benzene rings is 1. The van der Waals surface area contributed by atoms with Crippen molar-refractivity contribution in [1.82, 2.24) is 0 Å². The van der Waals surface area contributed by atoms with Crippen LogP contribution in [0.15, 0.2) is 41.0 Å². The van der Waals surface area contributed by atoms with Crippen LogP contribution >= 0.6 is 0 Å². The number of terminal acetylenes is 1. The Labute approximate surface area is 235 Å². The minimum Gasteiger partial charge on any atom is -0.507 e. The molecule has 4 unspecified atom stereocenters. The molecule has 2 fully saturated rings. The number of hydrogen-bond acceptors (Lipinski definition) is 7. The Morgan fingerprint density at radius 3 is 2.58 bits per heavy atom. The number of carbonyl (C=O) groups is 3. The molecule has 2 aliphatic heterocycles. The van der Waals surface area contributed by atoms with Gasteiger partial charge < -0.3 is 19.3 Å². The second-order valence-electron chi connectivity index (χ2n) is 12.6. The molecule has 1 spiro atoms. The average Bonchev–Trinajstić information content (AvgIpc) is 3.03. The van der Waals surface area contributed by atoms with Gasteiger partial charge in [-0.05, 0) is 66.9 Å². The average molecular weight is 545 g/mol. The predicted molar refractivity (Wildman–Crippen MR) is 149 cm³/mol. The molecule has 6 rings (SSSR count). The molecule has 2 heterocycles. The molecule has 40 heavy (non-hydrogen) atoms. The Hall–Kier alpha value is -3.63. The molecular weight excluding hydrogens is 508 g/mol. The Balaban J connectivity index is 1.81. The quantitative estimate of drug-likeness (QED) is 0.217. The third-order valence-electron chi connectivity index (χ3n) is 8.74. The zero-order chi connectivity index (χ0) is 29.4. The number of hydrogen-bond donors (Lipinski definition) is 1. The van der Waals surface area contributed by atoms with Gasteiger partial charge in [0.2, 0.25) is 0 Å². The Morgan fingerprint density at radius 2 is 1.95 bits per heavy atom. The number of Topliss-reactive ketones (excluding diaryl/α,β-unsaturated/α-hetero) is 2. The first-order valence-electron chi connectivity index (χ1n) is 13.7. The van der Waals surface area contributed by atoms with E-state index in [0.29, 0.717) is 35.3 Å². The molecule has 7 nitrogen and oxygen atoms in total. The number of aromatic hydroxyl groups is 1. The minimum absolute atomic E-state index is 0.0341. The van der Waals surface area contributed by atoms with Gasteiger partial charge in [-0.1, -0.05) is 29.7 Å². The Morgan fingerprint density at radius 1 is 1.25 bits per heavy atom. The highest BCUT2D eigenvalue weighted by Gasteiger charge is 2.81. The van der Waals surface area contributed by atoms with Crippen LogP contribution in [0.25, 0.3) is 0 Å². The smallest absolute Gasteiger partial charge is 0.200 e. The summed E-state index contributed by atoms with van der Waals surface area (Å²) < 4.78 is 19.8. The van der Waals surface area contributed by atoms with Gasteiger partial charge >= 0.3 is 0 Å². The van der Waals surface area contributed by atoms with Crippen molar-refractivity contribution in [3.8, 4) is 29.6 Å². The first-order valence-corrected chi connectivity index (χ1v) is 13.7. The largest absolute Gasteiger partial charge is 0.507 e. The standard InChI is InChI=1S/C33H36O7/c1-9-30(5,6)38-24-16-23(35)26-27(36)22-14-20-15-25-31(7,8)40-32(29(20)37,13-12-19(4)17-34)33(22,25)39-28(26)21(24)11-10-18(2)3/h1,10,12,14,16-17,20,25,35H,11,13,15H2,2-8H3/b19-12+. The highest BCUT2D eigenvalue weighted by Crippen LogP contribution is 2.68. The van der Waals surface area contributed by atoms with E-state index in [1.165, 1.54) is 6.07 Å². The zero-order valence-corrected chi connectivity index (χ0v) is 24.1. The summed E-state index contributed by atoms with van der Waals surface area (Å²) in [4.78, 5) is 39.9. The number of aldehydes is 1. The Kier molecular flexibility index (Phi) is 6.24. The summed E-state index contributed by atoms with van der Waals surface area (Å²) in [5, 5.41) is 11.2. The van der Waals surface area contributed by atoms with Gasteiger partial charge in [0.05, 0.1) is 5.60 Å². The van der Waals surface area contributed by atoms with Gasteiger partial charge in [0.1, 0.15) is 29.1 Å². The molecule has 0 radical (unpaired) electrons.